The van der Waals surface area contributed by atoms with Gasteiger partial charge in [0.15, 0.2) is 0 Å². The third-order valence-electron chi connectivity index (χ3n) is 8.13. The van der Waals surface area contributed by atoms with Gasteiger partial charge in [0, 0.05) is 0 Å². The number of hydrogen-bond acceptors (Lipinski definition) is 8. The first kappa shape index (κ1) is 41.9. The van der Waals surface area contributed by atoms with Crippen LogP contribution >= 0.6 is 0 Å². The van der Waals surface area contributed by atoms with E-state index in [4.69, 9.17) is 14.0 Å². The van der Waals surface area contributed by atoms with E-state index in [1.165, 1.54) is 0 Å². The van der Waals surface area contributed by atoms with E-state index in [0.29, 0.717) is 41.8 Å². The minimum Gasteiger partial charge on any atom is -0.437 e. The molecule has 2 aromatic rings. The van der Waals surface area contributed by atoms with Gasteiger partial charge in [0.2, 0.25) is 0 Å². The van der Waals surface area contributed by atoms with E-state index < -0.39 is 57.1 Å². The summed E-state index contributed by atoms with van der Waals surface area (Å²) < 4.78 is 132. The van der Waals surface area contributed by atoms with Crippen LogP contribution in [0, 0.1) is 5.41 Å². The first-order chi connectivity index (χ1) is 22.5. The first-order valence-corrected chi connectivity index (χ1v) is 17.2. The van der Waals surface area contributed by atoms with Crippen molar-refractivity contribution in [2.45, 2.75) is 62.8 Å². The van der Waals surface area contributed by atoms with Crippen molar-refractivity contribution in [3.63, 3.8) is 0 Å². The van der Waals surface area contributed by atoms with Gasteiger partial charge >= 0.3 is 35.9 Å². The van der Waals surface area contributed by atoms with Crippen LogP contribution in [0.1, 0.15) is 40.3 Å². The molecule has 0 aliphatic rings. The van der Waals surface area contributed by atoms with E-state index in [2.05, 4.69) is 4.74 Å². The molecular weight excluding hydrogens is 679 g/mol. The molecule has 0 fully saturated rings. The second kappa shape index (κ2) is 15.7. The maximum atomic E-state index is 14.2. The fourth-order valence-electron chi connectivity index (χ4n) is 5.00. The highest BCUT2D eigenvalue weighted by Crippen LogP contribution is 2.48. The van der Waals surface area contributed by atoms with Crippen molar-refractivity contribution < 1.29 is 67.9 Å². The highest BCUT2D eigenvalue weighted by molar-refractivity contribution is 7.85. The lowest BCUT2D eigenvalue weighted by Crippen LogP contribution is -2.65. The van der Waals surface area contributed by atoms with Gasteiger partial charge in [-0.05, 0) is 29.2 Å². The van der Waals surface area contributed by atoms with Crippen molar-refractivity contribution in [1.29, 1.82) is 0 Å². The highest BCUT2D eigenvalue weighted by Gasteiger charge is 2.77. The van der Waals surface area contributed by atoms with Gasteiger partial charge in [-0.1, -0.05) is 73.3 Å². The zero-order valence-corrected chi connectivity index (χ0v) is 29.0. The molecule has 0 amide bonds. The predicted octanol–water partition coefficient (Wildman–Crippen LogP) is -1.70. The number of rotatable bonds is 14. The second-order valence-electron chi connectivity index (χ2n) is 11.5. The van der Waals surface area contributed by atoms with Crippen molar-refractivity contribution in [2.24, 2.45) is 5.41 Å². The average Bonchev–Trinajstić information content (AvgIpc) is 3.01. The molecule has 0 radical (unpaired) electrons. The molecule has 0 unspecified atom stereocenters. The Morgan fingerprint density at radius 2 is 0.939 bits per heavy atom. The van der Waals surface area contributed by atoms with E-state index in [-0.39, 0.29) is 36.8 Å². The largest absolute Gasteiger partial charge is 0.438 e. The standard InChI is InChI=1S/C27H34B6F6O9S/c1-24(21(40)46-19-15(8-30)2-13(6-28)3-16(19)9-31,22(41)47-20-17(10-32)4-14(7-29)5-18(20)11-33)23(42)48-25(26(34,35)36,27(37,38)39)12-49(43,44)45/h2-5H,6-12,28-33H2,1H3,(H,43,44,45). The summed E-state index contributed by atoms with van der Waals surface area (Å²) in [6.07, 6.45) is -11.5. The molecule has 49 heavy (non-hydrogen) atoms. The number of halogens is 6. The Morgan fingerprint density at radius 1 is 0.633 bits per heavy atom. The highest BCUT2D eigenvalue weighted by atomic mass is 32.2. The van der Waals surface area contributed by atoms with Crippen molar-refractivity contribution >= 4 is 75.1 Å². The number of ether oxygens (including phenoxy) is 3. The molecule has 0 saturated carbocycles. The average molecular weight is 713 g/mol. The molecular formula is C27H34B6F6O9S. The minimum absolute atomic E-state index is 0.189. The van der Waals surface area contributed by atoms with Crippen LogP contribution in [-0.2, 0) is 67.2 Å². The molecule has 262 valence electrons. The van der Waals surface area contributed by atoms with Crippen LogP contribution in [0.15, 0.2) is 24.3 Å². The quantitative estimate of drug-likeness (QED) is 0.0608. The lowest BCUT2D eigenvalue weighted by molar-refractivity contribution is -0.362. The maximum Gasteiger partial charge on any atom is 0.438 e. The third-order valence-corrected chi connectivity index (χ3v) is 8.90. The summed E-state index contributed by atoms with van der Waals surface area (Å²) in [5.74, 6) is -10.3. The molecule has 0 atom stereocenters. The summed E-state index contributed by atoms with van der Waals surface area (Å²) in [6.45, 7) is 0.361. The summed E-state index contributed by atoms with van der Waals surface area (Å²) in [6, 6.07) is 6.54. The van der Waals surface area contributed by atoms with E-state index in [1.807, 2.05) is 15.7 Å². The smallest absolute Gasteiger partial charge is 0.437 e. The summed E-state index contributed by atoms with van der Waals surface area (Å²) in [5.41, 5.74) is -6.53. The van der Waals surface area contributed by atoms with E-state index in [1.54, 1.807) is 55.7 Å². The van der Waals surface area contributed by atoms with E-state index in [9.17, 15) is 49.1 Å². The monoisotopic (exact) mass is 714 g/mol. The minimum atomic E-state index is -6.73. The molecule has 0 saturated heterocycles. The lowest BCUT2D eigenvalue weighted by atomic mass is 9.84. The van der Waals surface area contributed by atoms with Gasteiger partial charge in [-0.2, -0.15) is 34.8 Å². The Balaban J connectivity index is 2.91. The predicted molar refractivity (Wildman–Crippen MR) is 183 cm³/mol. The van der Waals surface area contributed by atoms with Crippen molar-refractivity contribution in [3.8, 4) is 11.5 Å². The molecule has 9 nitrogen and oxygen atoms in total. The Labute approximate surface area is 285 Å². The van der Waals surface area contributed by atoms with E-state index in [0.717, 1.165) is 11.1 Å². The zero-order chi connectivity index (χ0) is 37.8. The molecule has 2 rings (SSSR count). The number of alkyl halides is 6. The third kappa shape index (κ3) is 8.91. The molecule has 0 bridgehead atoms. The number of carbonyl (C=O) groups is 3. The number of carbonyl (C=O) groups excluding carboxylic acids is 3. The van der Waals surface area contributed by atoms with Crippen molar-refractivity contribution in [2.75, 3.05) is 5.75 Å². The first-order valence-electron chi connectivity index (χ1n) is 15.6. The van der Waals surface area contributed by atoms with Crippen LogP contribution in [0.2, 0.25) is 0 Å². The number of benzene rings is 2. The Kier molecular flexibility index (Phi) is 13.5. The molecule has 22 heteroatoms. The molecule has 1 N–H and O–H groups in total. The van der Waals surface area contributed by atoms with Crippen molar-refractivity contribution in [1.82, 2.24) is 0 Å². The summed E-state index contributed by atoms with van der Waals surface area (Å²) in [7, 11) is 4.18. The fraction of sp³-hybridized carbons (Fsp3) is 0.444. The van der Waals surface area contributed by atoms with Crippen LogP contribution in [0.25, 0.3) is 0 Å². The summed E-state index contributed by atoms with van der Waals surface area (Å²) in [5, 5.41) is 0. The maximum absolute atomic E-state index is 14.2. The van der Waals surface area contributed by atoms with Gasteiger partial charge in [0.05, 0.1) is 0 Å². The number of esters is 3. The topological polar surface area (TPSA) is 133 Å². The molecule has 0 heterocycles. The number of hydrogen-bond donors (Lipinski definition) is 1. The SMILES string of the molecule is BCc1cc(CB)c(OC(=O)C(C)(C(=O)Oc2c(CB)cc(CB)cc2CB)C(=O)OC(CS(=O)(=O)O)(C(F)(F)F)C(F)(F)F)c(CB)c1. The lowest BCUT2D eigenvalue weighted by Gasteiger charge is -2.37. The van der Waals surface area contributed by atoms with Crippen molar-refractivity contribution in [3.05, 3.63) is 57.6 Å². The molecule has 2 aromatic carbocycles. The Morgan fingerprint density at radius 3 is 1.16 bits per heavy atom. The van der Waals surface area contributed by atoms with E-state index >= 15 is 0 Å². The second-order valence-corrected chi connectivity index (χ2v) is 12.9. The van der Waals surface area contributed by atoms with Gasteiger partial charge in [0.25, 0.3) is 15.5 Å². The van der Waals surface area contributed by atoms with Gasteiger partial charge in [-0.3, -0.25) is 9.35 Å². The Hall–Kier alpha value is -3.27. The van der Waals surface area contributed by atoms with Crippen LogP contribution in [0.4, 0.5) is 26.3 Å². The van der Waals surface area contributed by atoms with Crippen LogP contribution in [0.5, 0.6) is 11.5 Å². The molecule has 0 aliphatic heterocycles. The fourth-order valence-corrected chi connectivity index (χ4v) is 5.90. The molecule has 0 aliphatic carbocycles. The summed E-state index contributed by atoms with van der Waals surface area (Å²) >= 11 is 0. The molecule has 0 aromatic heterocycles. The molecule has 0 spiro atoms. The van der Waals surface area contributed by atoms with Crippen LogP contribution in [-0.4, -0.2) is 102 Å². The van der Waals surface area contributed by atoms with Gasteiger partial charge in [0.1, 0.15) is 64.3 Å². The normalized spacial score (nSPS) is 12.7. The van der Waals surface area contributed by atoms with Crippen LogP contribution in [0.3, 0.4) is 0 Å². The summed E-state index contributed by atoms with van der Waals surface area (Å²) in [4.78, 5) is 41.5. The van der Waals surface area contributed by atoms with Gasteiger partial charge in [-0.15, -0.1) is 0 Å². The van der Waals surface area contributed by atoms with Gasteiger partial charge < -0.3 is 14.2 Å². The zero-order valence-electron chi connectivity index (χ0n) is 28.1. The van der Waals surface area contributed by atoms with Crippen LogP contribution < -0.4 is 9.47 Å². The Bertz CT molecular complexity index is 1540. The van der Waals surface area contributed by atoms with Gasteiger partial charge in [-0.25, -0.2) is 9.59 Å².